The SMILES string of the molecule is CNC(Cc1cc(C)cc(C)c1)c1ccc(Br)cc1OC. The molecule has 1 N–H and O–H groups in total. The summed E-state index contributed by atoms with van der Waals surface area (Å²) in [5.74, 6) is 0.910. The number of likely N-dealkylation sites (N-methyl/N-ethyl adjacent to an activating group) is 1. The van der Waals surface area contributed by atoms with Crippen molar-refractivity contribution < 1.29 is 4.74 Å². The van der Waals surface area contributed by atoms with Crippen LogP contribution >= 0.6 is 15.9 Å². The van der Waals surface area contributed by atoms with E-state index in [0.29, 0.717) is 0 Å². The number of halogens is 1. The van der Waals surface area contributed by atoms with Crippen molar-refractivity contribution in [2.45, 2.75) is 26.3 Å². The minimum absolute atomic E-state index is 0.231. The van der Waals surface area contributed by atoms with Gasteiger partial charge in [-0.1, -0.05) is 51.3 Å². The van der Waals surface area contributed by atoms with Crippen LogP contribution in [0, 0.1) is 13.8 Å². The van der Waals surface area contributed by atoms with Gasteiger partial charge in [0.25, 0.3) is 0 Å². The van der Waals surface area contributed by atoms with E-state index in [4.69, 9.17) is 4.74 Å². The molecule has 2 aromatic carbocycles. The van der Waals surface area contributed by atoms with Crippen molar-refractivity contribution in [3.8, 4) is 5.75 Å². The zero-order chi connectivity index (χ0) is 15.4. The second-order valence-electron chi connectivity index (χ2n) is 5.43. The van der Waals surface area contributed by atoms with Crippen molar-refractivity contribution in [3.63, 3.8) is 0 Å². The van der Waals surface area contributed by atoms with E-state index in [1.54, 1.807) is 7.11 Å². The van der Waals surface area contributed by atoms with Gasteiger partial charge in [-0.2, -0.15) is 0 Å². The number of benzene rings is 2. The molecule has 0 saturated carbocycles. The molecule has 0 aliphatic heterocycles. The van der Waals surface area contributed by atoms with Crippen LogP contribution in [0.5, 0.6) is 5.75 Å². The molecule has 1 unspecified atom stereocenters. The molecular formula is C18H22BrNO. The van der Waals surface area contributed by atoms with E-state index in [0.717, 1.165) is 16.6 Å². The van der Waals surface area contributed by atoms with Crippen molar-refractivity contribution in [2.24, 2.45) is 0 Å². The molecule has 0 radical (unpaired) electrons. The van der Waals surface area contributed by atoms with Gasteiger partial charge in [-0.3, -0.25) is 0 Å². The predicted octanol–water partition coefficient (Wildman–Crippen LogP) is 4.58. The number of aryl methyl sites for hydroxylation is 2. The molecule has 112 valence electrons. The molecule has 0 bridgehead atoms. The van der Waals surface area contributed by atoms with E-state index in [9.17, 15) is 0 Å². The van der Waals surface area contributed by atoms with Gasteiger partial charge in [0.2, 0.25) is 0 Å². The van der Waals surface area contributed by atoms with Gasteiger partial charge in [-0.15, -0.1) is 0 Å². The number of nitrogens with one attached hydrogen (secondary N) is 1. The molecule has 0 amide bonds. The van der Waals surface area contributed by atoms with Gasteiger partial charge >= 0.3 is 0 Å². The normalized spacial score (nSPS) is 12.2. The van der Waals surface area contributed by atoms with Crippen molar-refractivity contribution >= 4 is 15.9 Å². The van der Waals surface area contributed by atoms with Crippen LogP contribution < -0.4 is 10.1 Å². The molecule has 2 aromatic rings. The summed E-state index contributed by atoms with van der Waals surface area (Å²) in [6.07, 6.45) is 0.941. The first-order chi connectivity index (χ1) is 10.0. The molecule has 0 heterocycles. The Kier molecular flexibility index (Phi) is 5.43. The van der Waals surface area contributed by atoms with E-state index in [2.05, 4.69) is 65.4 Å². The minimum Gasteiger partial charge on any atom is -0.496 e. The molecule has 0 aromatic heterocycles. The summed E-state index contributed by atoms with van der Waals surface area (Å²) >= 11 is 3.49. The minimum atomic E-state index is 0.231. The highest BCUT2D eigenvalue weighted by atomic mass is 79.9. The van der Waals surface area contributed by atoms with Crippen LogP contribution in [-0.4, -0.2) is 14.2 Å². The van der Waals surface area contributed by atoms with E-state index in [1.807, 2.05) is 13.1 Å². The van der Waals surface area contributed by atoms with Crippen LogP contribution in [0.25, 0.3) is 0 Å². The molecule has 0 aliphatic rings. The highest BCUT2D eigenvalue weighted by molar-refractivity contribution is 9.10. The molecule has 3 heteroatoms. The second-order valence-corrected chi connectivity index (χ2v) is 6.34. The standard InChI is InChI=1S/C18H22BrNO/c1-12-7-13(2)9-14(8-12)10-17(20-3)16-6-5-15(19)11-18(16)21-4/h5-9,11,17,20H,10H2,1-4H3. The van der Waals surface area contributed by atoms with Crippen LogP contribution in [0.4, 0.5) is 0 Å². The number of ether oxygens (including phenoxy) is 1. The zero-order valence-corrected chi connectivity index (χ0v) is 14.6. The third kappa shape index (κ3) is 4.08. The summed E-state index contributed by atoms with van der Waals surface area (Å²) in [4.78, 5) is 0. The smallest absolute Gasteiger partial charge is 0.124 e. The maximum Gasteiger partial charge on any atom is 0.124 e. The first-order valence-electron chi connectivity index (χ1n) is 7.11. The van der Waals surface area contributed by atoms with Gasteiger partial charge in [-0.25, -0.2) is 0 Å². The Morgan fingerprint density at radius 3 is 2.33 bits per heavy atom. The maximum absolute atomic E-state index is 5.52. The molecule has 2 nitrogen and oxygen atoms in total. The zero-order valence-electron chi connectivity index (χ0n) is 13.0. The fraction of sp³-hybridized carbons (Fsp3) is 0.333. The molecule has 2 rings (SSSR count). The Hall–Kier alpha value is -1.32. The van der Waals surface area contributed by atoms with Crippen molar-refractivity contribution in [3.05, 3.63) is 63.1 Å². The fourth-order valence-electron chi connectivity index (χ4n) is 2.76. The topological polar surface area (TPSA) is 21.3 Å². The predicted molar refractivity (Wildman–Crippen MR) is 92.1 cm³/mol. The second kappa shape index (κ2) is 7.10. The summed E-state index contributed by atoms with van der Waals surface area (Å²) in [7, 11) is 3.71. The summed E-state index contributed by atoms with van der Waals surface area (Å²) in [5, 5.41) is 3.40. The van der Waals surface area contributed by atoms with E-state index in [-0.39, 0.29) is 6.04 Å². The van der Waals surface area contributed by atoms with Gasteiger partial charge in [0.05, 0.1) is 7.11 Å². The molecule has 21 heavy (non-hydrogen) atoms. The fourth-order valence-corrected chi connectivity index (χ4v) is 3.10. The lowest BCUT2D eigenvalue weighted by molar-refractivity contribution is 0.401. The van der Waals surface area contributed by atoms with E-state index < -0.39 is 0 Å². The lowest BCUT2D eigenvalue weighted by Gasteiger charge is -2.20. The molecule has 0 aliphatic carbocycles. The number of methoxy groups -OCH3 is 1. The molecular weight excluding hydrogens is 326 g/mol. The van der Waals surface area contributed by atoms with Crippen LogP contribution in [0.2, 0.25) is 0 Å². The average Bonchev–Trinajstić information content (AvgIpc) is 2.44. The monoisotopic (exact) mass is 347 g/mol. The van der Waals surface area contributed by atoms with Gasteiger partial charge < -0.3 is 10.1 Å². The molecule has 0 fully saturated rings. The van der Waals surface area contributed by atoms with Crippen LogP contribution in [0.3, 0.4) is 0 Å². The van der Waals surface area contributed by atoms with E-state index >= 15 is 0 Å². The third-order valence-corrected chi connectivity index (χ3v) is 4.13. The Bertz CT molecular complexity index is 604. The van der Waals surface area contributed by atoms with Crippen molar-refractivity contribution in [2.75, 3.05) is 14.2 Å². The summed E-state index contributed by atoms with van der Waals surface area (Å²) in [5.41, 5.74) is 5.14. The molecule has 0 spiro atoms. The van der Waals surface area contributed by atoms with Gasteiger partial charge in [-0.05, 0) is 45.0 Å². The van der Waals surface area contributed by atoms with Crippen molar-refractivity contribution in [1.29, 1.82) is 0 Å². The summed E-state index contributed by atoms with van der Waals surface area (Å²) in [6.45, 7) is 4.29. The third-order valence-electron chi connectivity index (χ3n) is 3.64. The van der Waals surface area contributed by atoms with Gasteiger partial charge in [0, 0.05) is 16.1 Å². The Labute approximate surface area is 135 Å². The number of rotatable bonds is 5. The van der Waals surface area contributed by atoms with Gasteiger partial charge in [0.15, 0.2) is 0 Å². The highest BCUT2D eigenvalue weighted by Gasteiger charge is 2.15. The first-order valence-corrected chi connectivity index (χ1v) is 7.90. The summed E-state index contributed by atoms with van der Waals surface area (Å²) in [6, 6.07) is 13.1. The van der Waals surface area contributed by atoms with Crippen LogP contribution in [0.15, 0.2) is 40.9 Å². The number of hydrogen-bond acceptors (Lipinski definition) is 2. The lowest BCUT2D eigenvalue weighted by atomic mass is 9.96. The van der Waals surface area contributed by atoms with Crippen LogP contribution in [0.1, 0.15) is 28.3 Å². The van der Waals surface area contributed by atoms with E-state index in [1.165, 1.54) is 22.3 Å². The average molecular weight is 348 g/mol. The Morgan fingerprint density at radius 2 is 1.76 bits per heavy atom. The molecule has 0 saturated heterocycles. The van der Waals surface area contributed by atoms with Gasteiger partial charge in [0.1, 0.15) is 5.75 Å². The Balaban J connectivity index is 2.31. The highest BCUT2D eigenvalue weighted by Crippen LogP contribution is 2.30. The maximum atomic E-state index is 5.52. The van der Waals surface area contributed by atoms with Crippen molar-refractivity contribution in [1.82, 2.24) is 5.32 Å². The quantitative estimate of drug-likeness (QED) is 0.854. The first kappa shape index (κ1) is 16.1. The largest absolute Gasteiger partial charge is 0.496 e. The molecule has 1 atom stereocenters. The summed E-state index contributed by atoms with van der Waals surface area (Å²) < 4.78 is 6.56. The van der Waals surface area contributed by atoms with Crippen LogP contribution in [-0.2, 0) is 6.42 Å². The lowest BCUT2D eigenvalue weighted by Crippen LogP contribution is -2.19. The Morgan fingerprint density at radius 1 is 1.10 bits per heavy atom. The number of hydrogen-bond donors (Lipinski definition) is 1.